The molecule has 138 valence electrons. The van der Waals surface area contributed by atoms with Crippen molar-refractivity contribution in [3.05, 3.63) is 66.2 Å². The maximum absolute atomic E-state index is 11.9. The monoisotopic (exact) mass is 364 g/mol. The van der Waals surface area contributed by atoms with Crippen LogP contribution in [0.15, 0.2) is 65.8 Å². The Labute approximate surface area is 157 Å². The number of ether oxygens (including phenoxy) is 3. The Kier molecular flexibility index (Phi) is 5.89. The molecule has 0 atom stereocenters. The molecule has 6 nitrogen and oxygen atoms in total. The first-order valence-corrected chi connectivity index (χ1v) is 8.35. The van der Waals surface area contributed by atoms with Crippen molar-refractivity contribution in [3.8, 4) is 17.2 Å². The average molecular weight is 364 g/mol. The first kappa shape index (κ1) is 18.3. The molecular weight excluding hydrogens is 344 g/mol. The van der Waals surface area contributed by atoms with Crippen molar-refractivity contribution in [2.75, 3.05) is 20.8 Å². The second kappa shape index (κ2) is 8.71. The van der Waals surface area contributed by atoms with E-state index in [0.29, 0.717) is 22.8 Å². The zero-order chi connectivity index (χ0) is 19.1. The van der Waals surface area contributed by atoms with Crippen molar-refractivity contribution in [2.45, 2.75) is 0 Å². The highest BCUT2D eigenvalue weighted by Crippen LogP contribution is 2.23. The lowest BCUT2D eigenvalue weighted by Crippen LogP contribution is -2.24. The van der Waals surface area contributed by atoms with Crippen LogP contribution < -0.4 is 19.6 Å². The number of nitrogens with zero attached hydrogens (tertiary/aromatic N) is 1. The van der Waals surface area contributed by atoms with Crippen molar-refractivity contribution in [2.24, 2.45) is 5.10 Å². The highest BCUT2D eigenvalue weighted by molar-refractivity contribution is 5.86. The minimum absolute atomic E-state index is 0.130. The van der Waals surface area contributed by atoms with Crippen LogP contribution in [0.1, 0.15) is 5.56 Å². The molecule has 0 unspecified atom stereocenters. The quantitative estimate of drug-likeness (QED) is 0.515. The standard InChI is InChI=1S/C21H20N2O4/c1-25-18-9-8-17(20(12-18)26-2)13-22-23-21(24)14-27-19-10-7-15-5-3-4-6-16(15)11-19/h3-13H,14H2,1-2H3,(H,23,24). The van der Waals surface area contributed by atoms with Gasteiger partial charge in [0.05, 0.1) is 20.4 Å². The van der Waals surface area contributed by atoms with E-state index in [0.717, 1.165) is 10.8 Å². The van der Waals surface area contributed by atoms with E-state index in [4.69, 9.17) is 14.2 Å². The number of carbonyl (C=O) groups excluding carboxylic acids is 1. The summed E-state index contributed by atoms with van der Waals surface area (Å²) in [5.41, 5.74) is 3.15. The van der Waals surface area contributed by atoms with Gasteiger partial charge in [-0.1, -0.05) is 30.3 Å². The summed E-state index contributed by atoms with van der Waals surface area (Å²) in [6, 6.07) is 19.0. The summed E-state index contributed by atoms with van der Waals surface area (Å²) in [5, 5.41) is 6.12. The molecule has 0 aliphatic heterocycles. The Balaban J connectivity index is 1.55. The molecule has 0 bridgehead atoms. The largest absolute Gasteiger partial charge is 0.497 e. The molecule has 0 spiro atoms. The number of rotatable bonds is 7. The molecule has 0 saturated heterocycles. The molecule has 0 radical (unpaired) electrons. The van der Waals surface area contributed by atoms with Crippen LogP contribution in [0.3, 0.4) is 0 Å². The average Bonchev–Trinajstić information content (AvgIpc) is 2.72. The summed E-state index contributed by atoms with van der Waals surface area (Å²) in [4.78, 5) is 11.9. The fraction of sp³-hybridized carbons (Fsp3) is 0.143. The lowest BCUT2D eigenvalue weighted by molar-refractivity contribution is -0.123. The SMILES string of the molecule is COc1ccc(C=NNC(=O)COc2ccc3ccccc3c2)c(OC)c1. The van der Waals surface area contributed by atoms with E-state index in [1.807, 2.05) is 42.5 Å². The van der Waals surface area contributed by atoms with E-state index in [1.165, 1.54) is 6.21 Å². The first-order valence-electron chi connectivity index (χ1n) is 8.35. The van der Waals surface area contributed by atoms with E-state index in [-0.39, 0.29) is 12.5 Å². The maximum Gasteiger partial charge on any atom is 0.277 e. The molecule has 0 fully saturated rings. The van der Waals surface area contributed by atoms with Gasteiger partial charge in [0.2, 0.25) is 0 Å². The Bertz CT molecular complexity index is 969. The number of hydrogen-bond donors (Lipinski definition) is 1. The highest BCUT2D eigenvalue weighted by atomic mass is 16.5. The van der Waals surface area contributed by atoms with Gasteiger partial charge in [0.25, 0.3) is 5.91 Å². The number of hydrogen-bond acceptors (Lipinski definition) is 5. The Morgan fingerprint density at radius 2 is 1.74 bits per heavy atom. The first-order chi connectivity index (χ1) is 13.2. The zero-order valence-corrected chi connectivity index (χ0v) is 15.1. The van der Waals surface area contributed by atoms with Crippen molar-refractivity contribution in [1.82, 2.24) is 5.43 Å². The van der Waals surface area contributed by atoms with Crippen molar-refractivity contribution in [3.63, 3.8) is 0 Å². The number of fused-ring (bicyclic) bond motifs is 1. The topological polar surface area (TPSA) is 69.2 Å². The minimum Gasteiger partial charge on any atom is -0.497 e. The van der Waals surface area contributed by atoms with E-state index >= 15 is 0 Å². The van der Waals surface area contributed by atoms with Gasteiger partial charge in [0.15, 0.2) is 6.61 Å². The van der Waals surface area contributed by atoms with Crippen LogP contribution in [0.2, 0.25) is 0 Å². The van der Waals surface area contributed by atoms with Gasteiger partial charge in [-0.05, 0) is 35.0 Å². The minimum atomic E-state index is -0.355. The fourth-order valence-corrected chi connectivity index (χ4v) is 2.54. The molecule has 1 amide bonds. The van der Waals surface area contributed by atoms with Crippen molar-refractivity contribution < 1.29 is 19.0 Å². The molecule has 0 aromatic heterocycles. The normalized spacial score (nSPS) is 10.7. The lowest BCUT2D eigenvalue weighted by Gasteiger charge is -2.07. The van der Waals surface area contributed by atoms with Crippen LogP contribution in [0.4, 0.5) is 0 Å². The number of methoxy groups -OCH3 is 2. The number of carbonyl (C=O) groups is 1. The van der Waals surface area contributed by atoms with Gasteiger partial charge < -0.3 is 14.2 Å². The summed E-state index contributed by atoms with van der Waals surface area (Å²) >= 11 is 0. The van der Waals surface area contributed by atoms with E-state index in [2.05, 4.69) is 10.5 Å². The summed E-state index contributed by atoms with van der Waals surface area (Å²) in [6.07, 6.45) is 1.51. The Morgan fingerprint density at radius 3 is 2.52 bits per heavy atom. The van der Waals surface area contributed by atoms with Crippen LogP contribution >= 0.6 is 0 Å². The number of benzene rings is 3. The van der Waals surface area contributed by atoms with Crippen LogP contribution in [-0.4, -0.2) is 32.9 Å². The van der Waals surface area contributed by atoms with E-state index < -0.39 is 0 Å². The van der Waals surface area contributed by atoms with E-state index in [9.17, 15) is 4.79 Å². The van der Waals surface area contributed by atoms with Gasteiger partial charge in [-0.15, -0.1) is 0 Å². The molecule has 1 N–H and O–H groups in total. The van der Waals surface area contributed by atoms with Gasteiger partial charge in [-0.3, -0.25) is 4.79 Å². The van der Waals surface area contributed by atoms with Crippen molar-refractivity contribution in [1.29, 1.82) is 0 Å². The molecular formula is C21H20N2O4. The Hall–Kier alpha value is -3.54. The Morgan fingerprint density at radius 1 is 0.963 bits per heavy atom. The smallest absolute Gasteiger partial charge is 0.277 e. The van der Waals surface area contributed by atoms with Crippen LogP contribution in [0.25, 0.3) is 10.8 Å². The molecule has 3 rings (SSSR count). The summed E-state index contributed by atoms with van der Waals surface area (Å²) < 4.78 is 15.9. The molecule has 6 heteroatoms. The van der Waals surface area contributed by atoms with Gasteiger partial charge in [0.1, 0.15) is 17.2 Å². The number of nitrogens with one attached hydrogen (secondary N) is 1. The third-order valence-corrected chi connectivity index (χ3v) is 3.92. The molecule has 3 aromatic rings. The summed E-state index contributed by atoms with van der Waals surface area (Å²) in [6.45, 7) is -0.130. The molecule has 0 saturated carbocycles. The zero-order valence-electron chi connectivity index (χ0n) is 15.1. The van der Waals surface area contributed by atoms with Crippen LogP contribution in [0, 0.1) is 0 Å². The van der Waals surface area contributed by atoms with Gasteiger partial charge in [-0.2, -0.15) is 5.10 Å². The predicted octanol–water partition coefficient (Wildman–Crippen LogP) is 3.39. The molecule has 0 heterocycles. The molecule has 3 aromatic carbocycles. The molecule has 0 aliphatic rings. The predicted molar refractivity (Wildman–Crippen MR) is 105 cm³/mol. The third kappa shape index (κ3) is 4.76. The number of hydrazone groups is 1. The second-order valence-corrected chi connectivity index (χ2v) is 5.70. The van der Waals surface area contributed by atoms with Crippen LogP contribution in [0.5, 0.6) is 17.2 Å². The van der Waals surface area contributed by atoms with Gasteiger partial charge >= 0.3 is 0 Å². The van der Waals surface area contributed by atoms with Gasteiger partial charge in [0, 0.05) is 11.6 Å². The molecule has 0 aliphatic carbocycles. The highest BCUT2D eigenvalue weighted by Gasteiger charge is 2.05. The van der Waals surface area contributed by atoms with Crippen molar-refractivity contribution >= 4 is 22.9 Å². The van der Waals surface area contributed by atoms with Gasteiger partial charge in [-0.25, -0.2) is 5.43 Å². The molecule has 27 heavy (non-hydrogen) atoms. The lowest BCUT2D eigenvalue weighted by atomic mass is 10.1. The van der Waals surface area contributed by atoms with E-state index in [1.54, 1.807) is 32.4 Å². The number of amides is 1. The second-order valence-electron chi connectivity index (χ2n) is 5.70. The third-order valence-electron chi connectivity index (χ3n) is 3.92. The maximum atomic E-state index is 11.9. The van der Waals surface area contributed by atoms with Crippen LogP contribution in [-0.2, 0) is 4.79 Å². The summed E-state index contributed by atoms with van der Waals surface area (Å²) in [5.74, 6) is 1.55. The fourth-order valence-electron chi connectivity index (χ4n) is 2.54. The summed E-state index contributed by atoms with van der Waals surface area (Å²) in [7, 11) is 3.14.